The normalized spacial score (nSPS) is 21.3. The van der Waals surface area contributed by atoms with Crippen molar-refractivity contribution < 1.29 is 9.59 Å². The largest absolute Gasteiger partial charge is 0.339 e. The van der Waals surface area contributed by atoms with Crippen LogP contribution in [0.1, 0.15) is 87.9 Å². The van der Waals surface area contributed by atoms with Gasteiger partial charge in [0.25, 0.3) is 0 Å². The Bertz CT molecular complexity index is 1260. The summed E-state index contributed by atoms with van der Waals surface area (Å²) < 4.78 is 2.13. The van der Waals surface area contributed by atoms with Crippen LogP contribution in [0.5, 0.6) is 0 Å². The van der Waals surface area contributed by atoms with Crippen LogP contribution in [-0.2, 0) is 22.7 Å². The van der Waals surface area contributed by atoms with E-state index in [-0.39, 0.29) is 30.3 Å². The molecule has 38 heavy (non-hydrogen) atoms. The van der Waals surface area contributed by atoms with Gasteiger partial charge in [0.05, 0.1) is 11.0 Å². The SMILES string of the molecule is O=C(Cn1c(C2CC(=O)N(C3CCCCC3)C2)nc2ccccc21)N(Cc1ccccc1)C1CCCCC1. The van der Waals surface area contributed by atoms with Gasteiger partial charge in [0.2, 0.25) is 11.8 Å². The first-order chi connectivity index (χ1) is 18.7. The predicted molar refractivity (Wildman–Crippen MR) is 150 cm³/mol. The number of amides is 2. The fourth-order valence-corrected chi connectivity index (χ4v) is 7.04. The van der Waals surface area contributed by atoms with Crippen LogP contribution in [0.15, 0.2) is 54.6 Å². The van der Waals surface area contributed by atoms with Crippen LogP contribution in [0.3, 0.4) is 0 Å². The summed E-state index contributed by atoms with van der Waals surface area (Å²) in [5.41, 5.74) is 3.07. The van der Waals surface area contributed by atoms with Gasteiger partial charge in [-0.15, -0.1) is 0 Å². The molecule has 1 aliphatic heterocycles. The monoisotopic (exact) mass is 512 g/mol. The first-order valence-corrected chi connectivity index (χ1v) is 14.8. The van der Waals surface area contributed by atoms with E-state index < -0.39 is 0 Å². The highest BCUT2D eigenvalue weighted by Gasteiger charge is 2.38. The number of benzene rings is 2. The van der Waals surface area contributed by atoms with Gasteiger partial charge >= 0.3 is 0 Å². The number of rotatable bonds is 7. The van der Waals surface area contributed by atoms with Crippen LogP contribution in [0.25, 0.3) is 11.0 Å². The van der Waals surface area contributed by atoms with E-state index in [1.54, 1.807) is 0 Å². The first kappa shape index (κ1) is 25.1. The van der Waals surface area contributed by atoms with Crippen molar-refractivity contribution in [3.05, 3.63) is 66.0 Å². The summed E-state index contributed by atoms with van der Waals surface area (Å²) in [6.45, 7) is 1.63. The van der Waals surface area contributed by atoms with E-state index in [2.05, 4.69) is 44.7 Å². The number of carbonyl (C=O) groups is 2. The number of carbonyl (C=O) groups excluding carboxylic acids is 2. The molecule has 6 rings (SSSR count). The molecule has 0 bridgehead atoms. The van der Waals surface area contributed by atoms with Gasteiger partial charge in [-0.2, -0.15) is 0 Å². The van der Waals surface area contributed by atoms with Crippen LogP contribution >= 0.6 is 0 Å². The van der Waals surface area contributed by atoms with Crippen molar-refractivity contribution in [3.63, 3.8) is 0 Å². The van der Waals surface area contributed by atoms with E-state index >= 15 is 0 Å². The minimum Gasteiger partial charge on any atom is -0.339 e. The lowest BCUT2D eigenvalue weighted by molar-refractivity contribution is -0.135. The number of hydrogen-bond acceptors (Lipinski definition) is 3. The number of imidazole rings is 1. The Morgan fingerprint density at radius 2 is 1.55 bits per heavy atom. The average Bonchev–Trinajstić information content (AvgIpc) is 3.53. The molecule has 0 spiro atoms. The Kier molecular flexibility index (Phi) is 7.48. The summed E-state index contributed by atoms with van der Waals surface area (Å²) in [4.78, 5) is 36.5. The Labute approximate surface area is 226 Å². The molecule has 1 saturated heterocycles. The smallest absolute Gasteiger partial charge is 0.243 e. The Morgan fingerprint density at radius 3 is 2.32 bits per heavy atom. The molecule has 2 aliphatic carbocycles. The second kappa shape index (κ2) is 11.3. The molecule has 2 amide bonds. The second-order valence-electron chi connectivity index (χ2n) is 11.6. The van der Waals surface area contributed by atoms with Crippen molar-refractivity contribution >= 4 is 22.8 Å². The molecule has 6 nitrogen and oxygen atoms in total. The fraction of sp³-hybridized carbons (Fsp3) is 0.531. The molecule has 2 saturated carbocycles. The number of likely N-dealkylation sites (tertiary alicyclic amines) is 1. The quantitative estimate of drug-likeness (QED) is 0.387. The maximum absolute atomic E-state index is 14.1. The zero-order valence-corrected chi connectivity index (χ0v) is 22.4. The van der Waals surface area contributed by atoms with Crippen LogP contribution in [0.2, 0.25) is 0 Å². The Balaban J connectivity index is 1.29. The van der Waals surface area contributed by atoms with Crippen molar-refractivity contribution in [1.82, 2.24) is 19.4 Å². The van der Waals surface area contributed by atoms with Crippen molar-refractivity contribution in [2.45, 2.75) is 102 Å². The molecule has 200 valence electrons. The van der Waals surface area contributed by atoms with Gasteiger partial charge in [0.1, 0.15) is 12.4 Å². The predicted octanol–water partition coefficient (Wildman–Crippen LogP) is 6.05. The summed E-state index contributed by atoms with van der Waals surface area (Å²) in [6.07, 6.45) is 12.2. The van der Waals surface area contributed by atoms with Gasteiger partial charge in [-0.25, -0.2) is 4.98 Å². The average molecular weight is 513 g/mol. The van der Waals surface area contributed by atoms with Crippen LogP contribution in [0.4, 0.5) is 0 Å². The molecule has 3 fully saturated rings. The van der Waals surface area contributed by atoms with E-state index in [1.165, 1.54) is 44.1 Å². The van der Waals surface area contributed by atoms with Gasteiger partial charge in [0, 0.05) is 37.5 Å². The minimum atomic E-state index is 0.0295. The molecule has 0 radical (unpaired) electrons. The van der Waals surface area contributed by atoms with Crippen molar-refractivity contribution in [3.8, 4) is 0 Å². The van der Waals surface area contributed by atoms with Crippen molar-refractivity contribution in [2.75, 3.05) is 6.54 Å². The lowest BCUT2D eigenvalue weighted by Crippen LogP contribution is -2.42. The van der Waals surface area contributed by atoms with Gasteiger partial charge in [-0.05, 0) is 43.4 Å². The number of fused-ring (bicyclic) bond motifs is 1. The highest BCUT2D eigenvalue weighted by Crippen LogP contribution is 2.35. The Morgan fingerprint density at radius 1 is 0.868 bits per heavy atom. The summed E-state index contributed by atoms with van der Waals surface area (Å²) in [5.74, 6) is 1.33. The van der Waals surface area contributed by atoms with Gasteiger partial charge in [-0.3, -0.25) is 9.59 Å². The third-order valence-corrected chi connectivity index (χ3v) is 9.05. The second-order valence-corrected chi connectivity index (χ2v) is 11.6. The molecule has 6 heteroatoms. The number of hydrogen-bond donors (Lipinski definition) is 0. The maximum atomic E-state index is 14.1. The third-order valence-electron chi connectivity index (χ3n) is 9.05. The van der Waals surface area contributed by atoms with Gasteiger partial charge < -0.3 is 14.4 Å². The van der Waals surface area contributed by atoms with E-state index in [0.29, 0.717) is 19.0 Å². The lowest BCUT2D eigenvalue weighted by atomic mass is 9.93. The molecule has 1 aromatic heterocycles. The molecule has 3 aliphatic rings. The zero-order valence-electron chi connectivity index (χ0n) is 22.4. The topological polar surface area (TPSA) is 58.4 Å². The summed E-state index contributed by atoms with van der Waals surface area (Å²) >= 11 is 0. The number of para-hydroxylation sites is 2. The molecule has 2 aromatic carbocycles. The van der Waals surface area contributed by atoms with Gasteiger partial charge in [-0.1, -0.05) is 81.0 Å². The van der Waals surface area contributed by atoms with E-state index in [0.717, 1.165) is 49.1 Å². The van der Waals surface area contributed by atoms with E-state index in [9.17, 15) is 9.59 Å². The van der Waals surface area contributed by atoms with Gasteiger partial charge in [0.15, 0.2) is 0 Å². The van der Waals surface area contributed by atoms with Crippen LogP contribution in [-0.4, -0.2) is 49.8 Å². The van der Waals surface area contributed by atoms with Crippen molar-refractivity contribution in [2.24, 2.45) is 0 Å². The fourth-order valence-electron chi connectivity index (χ4n) is 7.04. The van der Waals surface area contributed by atoms with Crippen LogP contribution < -0.4 is 0 Å². The number of aromatic nitrogens is 2. The molecule has 1 unspecified atom stereocenters. The molecule has 0 N–H and O–H groups in total. The molecular formula is C32H40N4O2. The summed E-state index contributed by atoms with van der Waals surface area (Å²) in [5, 5.41) is 0. The minimum absolute atomic E-state index is 0.0295. The van der Waals surface area contributed by atoms with Crippen LogP contribution in [0, 0.1) is 0 Å². The highest BCUT2D eigenvalue weighted by molar-refractivity contribution is 5.83. The van der Waals surface area contributed by atoms with E-state index in [4.69, 9.17) is 4.98 Å². The molecule has 3 aromatic rings. The zero-order chi connectivity index (χ0) is 25.9. The number of nitrogens with zero attached hydrogens (tertiary/aromatic N) is 4. The molecular weight excluding hydrogens is 472 g/mol. The standard InChI is InChI=1S/C32H40N4O2/c37-30-20-25(22-35(30)27-16-8-3-9-17-27)32-33-28-18-10-11-19-29(28)36(32)23-31(38)34(26-14-6-2-7-15-26)21-24-12-4-1-5-13-24/h1,4-5,10-13,18-19,25-27H,2-3,6-9,14-17,20-23H2. The lowest BCUT2D eigenvalue weighted by Gasteiger charge is -2.35. The molecule has 2 heterocycles. The highest BCUT2D eigenvalue weighted by atomic mass is 16.2. The summed E-state index contributed by atoms with van der Waals surface area (Å²) in [7, 11) is 0. The maximum Gasteiger partial charge on any atom is 0.243 e. The Hall–Kier alpha value is -3.15. The summed E-state index contributed by atoms with van der Waals surface area (Å²) in [6, 6.07) is 19.1. The molecule has 1 atom stereocenters. The van der Waals surface area contributed by atoms with E-state index in [1.807, 2.05) is 24.3 Å². The third kappa shape index (κ3) is 5.23. The first-order valence-electron chi connectivity index (χ1n) is 14.8. The van der Waals surface area contributed by atoms with Crippen molar-refractivity contribution in [1.29, 1.82) is 0 Å².